The molecule has 0 radical (unpaired) electrons. The fourth-order valence-electron chi connectivity index (χ4n) is 1.15. The predicted octanol–water partition coefficient (Wildman–Crippen LogP) is 0.719. The lowest BCUT2D eigenvalue weighted by Gasteiger charge is -2.13. The number of nitrogens with two attached hydrogens (primary N) is 2. The highest BCUT2D eigenvalue weighted by molar-refractivity contribution is 5.96. The molecule has 0 atom stereocenters. The predicted molar refractivity (Wildman–Crippen MR) is 50.2 cm³/mol. The Kier molecular flexibility index (Phi) is 3.42. The zero-order valence-corrected chi connectivity index (χ0v) is 8.28. The Balaban J connectivity index is 3.28. The number of pyridine rings is 1. The van der Waals surface area contributed by atoms with Crippen molar-refractivity contribution in [2.45, 2.75) is 12.9 Å². The summed E-state index contributed by atoms with van der Waals surface area (Å²) in [4.78, 5) is 14.3. The van der Waals surface area contributed by atoms with Gasteiger partial charge in [-0.05, 0) is 0 Å². The second-order valence-electron chi connectivity index (χ2n) is 2.91. The molecule has 94 valence electrons. The Hall–Kier alpha value is -2.03. The number of carboxylic acids is 1. The SMILES string of the molecule is NCc1ncc(OC(F)(F)F)c(N)c1C(=O)O. The first-order chi connectivity index (χ1) is 7.76. The quantitative estimate of drug-likeness (QED) is 0.729. The van der Waals surface area contributed by atoms with E-state index in [4.69, 9.17) is 16.6 Å². The van der Waals surface area contributed by atoms with Crippen LogP contribution >= 0.6 is 0 Å². The van der Waals surface area contributed by atoms with Gasteiger partial charge in [0, 0.05) is 6.54 Å². The van der Waals surface area contributed by atoms with Crippen LogP contribution in [0.1, 0.15) is 16.1 Å². The van der Waals surface area contributed by atoms with Gasteiger partial charge in [-0.25, -0.2) is 4.79 Å². The summed E-state index contributed by atoms with van der Waals surface area (Å²) < 4.78 is 39.4. The van der Waals surface area contributed by atoms with Crippen molar-refractivity contribution in [2.75, 3.05) is 5.73 Å². The first-order valence-corrected chi connectivity index (χ1v) is 4.22. The number of aromatic carboxylic acids is 1. The number of nitrogens with zero attached hydrogens (tertiary/aromatic N) is 1. The van der Waals surface area contributed by atoms with Gasteiger partial charge in [-0.2, -0.15) is 0 Å². The minimum absolute atomic E-state index is 0.121. The molecule has 0 amide bonds. The molecule has 0 saturated heterocycles. The lowest BCUT2D eigenvalue weighted by Crippen LogP contribution is -2.20. The molecule has 0 fully saturated rings. The molecule has 17 heavy (non-hydrogen) atoms. The van der Waals surface area contributed by atoms with Gasteiger partial charge in [0.2, 0.25) is 0 Å². The summed E-state index contributed by atoms with van der Waals surface area (Å²) in [6, 6.07) is 0. The van der Waals surface area contributed by atoms with Crippen LogP contribution in [-0.4, -0.2) is 22.4 Å². The molecule has 0 aliphatic heterocycles. The molecular formula is C8H8F3N3O3. The lowest BCUT2D eigenvalue weighted by atomic mass is 10.1. The minimum atomic E-state index is -4.98. The molecule has 0 spiro atoms. The summed E-state index contributed by atoms with van der Waals surface area (Å²) in [5, 5.41) is 8.79. The Morgan fingerprint density at radius 2 is 2.12 bits per heavy atom. The van der Waals surface area contributed by atoms with Gasteiger partial charge in [0.05, 0.1) is 17.6 Å². The lowest BCUT2D eigenvalue weighted by molar-refractivity contribution is -0.274. The molecule has 0 saturated carbocycles. The van der Waals surface area contributed by atoms with E-state index in [9.17, 15) is 18.0 Å². The average Bonchev–Trinajstić information content (AvgIpc) is 2.18. The van der Waals surface area contributed by atoms with Gasteiger partial charge in [0.15, 0.2) is 5.75 Å². The normalized spacial score (nSPS) is 11.3. The smallest absolute Gasteiger partial charge is 0.478 e. The highest BCUT2D eigenvalue weighted by atomic mass is 19.4. The summed E-state index contributed by atoms with van der Waals surface area (Å²) >= 11 is 0. The van der Waals surface area contributed by atoms with Crippen LogP contribution in [0.15, 0.2) is 6.20 Å². The van der Waals surface area contributed by atoms with E-state index in [1.165, 1.54) is 0 Å². The maximum atomic E-state index is 12.0. The molecular weight excluding hydrogens is 243 g/mol. The van der Waals surface area contributed by atoms with Crippen molar-refractivity contribution in [2.24, 2.45) is 5.73 Å². The Morgan fingerprint density at radius 3 is 2.53 bits per heavy atom. The summed E-state index contributed by atoms with van der Waals surface area (Å²) in [6.45, 7) is -0.266. The monoisotopic (exact) mass is 251 g/mol. The molecule has 1 aromatic rings. The Bertz CT molecular complexity index is 448. The molecule has 1 rings (SSSR count). The highest BCUT2D eigenvalue weighted by Crippen LogP contribution is 2.31. The van der Waals surface area contributed by atoms with Crippen LogP contribution in [0.3, 0.4) is 0 Å². The topological polar surface area (TPSA) is 111 Å². The molecule has 1 aromatic heterocycles. The van der Waals surface area contributed by atoms with Crippen LogP contribution in [0.5, 0.6) is 5.75 Å². The van der Waals surface area contributed by atoms with E-state index in [1.807, 2.05) is 0 Å². The van der Waals surface area contributed by atoms with Crippen molar-refractivity contribution in [1.82, 2.24) is 4.98 Å². The maximum Gasteiger partial charge on any atom is 0.573 e. The Morgan fingerprint density at radius 1 is 1.53 bits per heavy atom. The first-order valence-electron chi connectivity index (χ1n) is 4.22. The van der Waals surface area contributed by atoms with Crippen molar-refractivity contribution in [1.29, 1.82) is 0 Å². The zero-order chi connectivity index (χ0) is 13.2. The van der Waals surface area contributed by atoms with Crippen LogP contribution in [0.2, 0.25) is 0 Å². The standard InChI is InChI=1S/C8H8F3N3O3/c9-8(10,11)17-4-2-14-3(1-12)5(6(4)13)7(15)16/h2H,1,12H2,(H2,13,14)(H,15,16). The van der Waals surface area contributed by atoms with E-state index in [2.05, 4.69) is 9.72 Å². The largest absolute Gasteiger partial charge is 0.573 e. The van der Waals surface area contributed by atoms with Gasteiger partial charge >= 0.3 is 12.3 Å². The fraction of sp³-hybridized carbons (Fsp3) is 0.250. The number of ether oxygens (including phenoxy) is 1. The molecule has 0 bridgehead atoms. The fourth-order valence-corrected chi connectivity index (χ4v) is 1.15. The number of aromatic nitrogens is 1. The highest BCUT2D eigenvalue weighted by Gasteiger charge is 2.33. The molecule has 6 nitrogen and oxygen atoms in total. The van der Waals surface area contributed by atoms with Gasteiger partial charge < -0.3 is 21.3 Å². The number of anilines is 1. The van der Waals surface area contributed by atoms with Crippen molar-refractivity contribution >= 4 is 11.7 Å². The number of carbonyl (C=O) groups is 1. The van der Waals surface area contributed by atoms with Gasteiger partial charge in [-0.1, -0.05) is 0 Å². The third-order valence-electron chi connectivity index (χ3n) is 1.79. The summed E-state index contributed by atoms with van der Waals surface area (Å²) in [5.41, 5.74) is 9.09. The molecule has 5 N–H and O–H groups in total. The number of nitrogen functional groups attached to an aromatic ring is 1. The number of alkyl halides is 3. The summed E-state index contributed by atoms with van der Waals surface area (Å²) in [6.07, 6.45) is -4.30. The minimum Gasteiger partial charge on any atom is -0.478 e. The zero-order valence-electron chi connectivity index (χ0n) is 8.28. The molecule has 0 aromatic carbocycles. The van der Waals surface area contributed by atoms with Crippen LogP contribution in [0.4, 0.5) is 18.9 Å². The number of halogens is 3. The summed E-state index contributed by atoms with van der Waals surface area (Å²) in [5.74, 6) is -2.39. The van der Waals surface area contributed by atoms with Crippen molar-refractivity contribution in [3.63, 3.8) is 0 Å². The molecule has 0 aliphatic carbocycles. The number of carboxylic acid groups (broad SMARTS) is 1. The van der Waals surface area contributed by atoms with Crippen molar-refractivity contribution in [3.05, 3.63) is 17.5 Å². The van der Waals surface area contributed by atoms with Crippen LogP contribution < -0.4 is 16.2 Å². The first kappa shape index (κ1) is 13.0. The second kappa shape index (κ2) is 4.45. The Labute approximate surface area is 93.0 Å². The maximum absolute atomic E-state index is 12.0. The van der Waals surface area contributed by atoms with Gasteiger partial charge in [0.25, 0.3) is 0 Å². The summed E-state index contributed by atoms with van der Waals surface area (Å²) in [7, 11) is 0. The average molecular weight is 251 g/mol. The number of rotatable bonds is 3. The van der Waals surface area contributed by atoms with Gasteiger partial charge in [0.1, 0.15) is 5.56 Å². The molecule has 0 unspecified atom stereocenters. The molecule has 1 heterocycles. The number of hydrogen-bond donors (Lipinski definition) is 3. The van der Waals surface area contributed by atoms with Crippen LogP contribution in [0, 0.1) is 0 Å². The third kappa shape index (κ3) is 2.97. The number of hydrogen-bond acceptors (Lipinski definition) is 5. The van der Waals surface area contributed by atoms with Crippen molar-refractivity contribution < 1.29 is 27.8 Å². The third-order valence-corrected chi connectivity index (χ3v) is 1.79. The van der Waals surface area contributed by atoms with E-state index in [0.717, 1.165) is 0 Å². The van der Waals surface area contributed by atoms with E-state index < -0.39 is 29.3 Å². The van der Waals surface area contributed by atoms with E-state index in [1.54, 1.807) is 0 Å². The second-order valence-corrected chi connectivity index (χ2v) is 2.91. The molecule has 0 aliphatic rings. The van der Waals surface area contributed by atoms with Crippen molar-refractivity contribution in [3.8, 4) is 5.75 Å². The van der Waals surface area contributed by atoms with Gasteiger partial charge in [-0.3, -0.25) is 4.98 Å². The van der Waals surface area contributed by atoms with Crippen LogP contribution in [0.25, 0.3) is 0 Å². The van der Waals surface area contributed by atoms with Crippen LogP contribution in [-0.2, 0) is 6.54 Å². The molecule has 9 heteroatoms. The van der Waals surface area contributed by atoms with E-state index >= 15 is 0 Å². The van der Waals surface area contributed by atoms with Gasteiger partial charge in [-0.15, -0.1) is 13.2 Å². The van der Waals surface area contributed by atoms with E-state index in [0.29, 0.717) is 6.20 Å². The van der Waals surface area contributed by atoms with E-state index in [-0.39, 0.29) is 12.2 Å².